The molecule has 0 aliphatic rings. The fraction of sp³-hybridized carbons (Fsp3) is 0.200. The van der Waals surface area contributed by atoms with Gasteiger partial charge in [0.2, 0.25) is 0 Å². The third-order valence-corrected chi connectivity index (χ3v) is 5.83. The van der Waals surface area contributed by atoms with Crippen molar-refractivity contribution in [3.63, 3.8) is 0 Å². The van der Waals surface area contributed by atoms with Gasteiger partial charge in [-0.25, -0.2) is 13.4 Å². The number of methoxy groups -OCH3 is 1. The van der Waals surface area contributed by atoms with Gasteiger partial charge in [-0.2, -0.15) is 0 Å². The molecule has 3 rings (SSSR count). The summed E-state index contributed by atoms with van der Waals surface area (Å²) in [5.41, 5.74) is 0.433. The van der Waals surface area contributed by atoms with Crippen LogP contribution in [0.2, 0.25) is 5.02 Å². The fourth-order valence-corrected chi connectivity index (χ4v) is 4.11. The van der Waals surface area contributed by atoms with Gasteiger partial charge in [0.15, 0.2) is 0 Å². The molecule has 30 heavy (non-hydrogen) atoms. The summed E-state index contributed by atoms with van der Waals surface area (Å²) in [6.45, 7) is 2.39. The largest absolute Gasteiger partial charge is 0.495 e. The van der Waals surface area contributed by atoms with Crippen molar-refractivity contribution in [2.24, 2.45) is 0 Å². The number of amides is 1. The maximum Gasteiger partial charge on any atom is 0.262 e. The van der Waals surface area contributed by atoms with Crippen LogP contribution in [0.5, 0.6) is 5.75 Å². The molecule has 2 aromatic carbocycles. The Balaban J connectivity index is 1.76. The lowest BCUT2D eigenvalue weighted by Crippen LogP contribution is -2.35. The Hall–Kier alpha value is -3.04. The van der Waals surface area contributed by atoms with Crippen LogP contribution in [0.4, 0.5) is 5.69 Å². The number of ether oxygens (including phenoxy) is 1. The SMILES string of the molecule is COc1ccc(Cl)cc1NS(=O)(=O)c1cccc(C(=O)NC(C)Cn2ccnc2)c1. The van der Waals surface area contributed by atoms with E-state index >= 15 is 0 Å². The predicted molar refractivity (Wildman–Crippen MR) is 114 cm³/mol. The van der Waals surface area contributed by atoms with Crippen LogP contribution in [0.15, 0.2) is 66.1 Å². The highest BCUT2D eigenvalue weighted by Gasteiger charge is 2.19. The Labute approximate surface area is 179 Å². The summed E-state index contributed by atoms with van der Waals surface area (Å²) in [5, 5.41) is 3.20. The molecule has 10 heteroatoms. The molecule has 8 nitrogen and oxygen atoms in total. The van der Waals surface area contributed by atoms with E-state index in [0.717, 1.165) is 0 Å². The molecular formula is C20H21ClN4O4S. The van der Waals surface area contributed by atoms with Gasteiger partial charge in [-0.05, 0) is 43.3 Å². The van der Waals surface area contributed by atoms with E-state index in [-0.39, 0.29) is 28.1 Å². The molecule has 1 amide bonds. The third kappa shape index (κ3) is 5.31. The van der Waals surface area contributed by atoms with Crippen LogP contribution in [0.25, 0.3) is 0 Å². The van der Waals surface area contributed by atoms with Gasteiger partial charge in [0, 0.05) is 35.6 Å². The van der Waals surface area contributed by atoms with Gasteiger partial charge < -0.3 is 14.6 Å². The van der Waals surface area contributed by atoms with Crippen LogP contribution < -0.4 is 14.8 Å². The van der Waals surface area contributed by atoms with Crippen LogP contribution in [-0.2, 0) is 16.6 Å². The summed E-state index contributed by atoms with van der Waals surface area (Å²) in [7, 11) is -2.54. The maximum atomic E-state index is 12.8. The minimum atomic E-state index is -3.97. The standard InChI is InChI=1S/C20H21ClN4O4S/c1-14(12-25-9-8-22-13-25)23-20(26)15-4-3-5-17(10-15)30(27,28)24-18-11-16(21)6-7-19(18)29-2/h3-11,13-14,24H,12H2,1-2H3,(H,23,26). The quantitative estimate of drug-likeness (QED) is 0.551. The number of halogens is 1. The van der Waals surface area contributed by atoms with Gasteiger partial charge in [0.25, 0.3) is 15.9 Å². The molecule has 0 radical (unpaired) electrons. The minimum Gasteiger partial charge on any atom is -0.495 e. The molecule has 2 N–H and O–H groups in total. The number of imidazole rings is 1. The smallest absolute Gasteiger partial charge is 0.262 e. The number of hydrogen-bond acceptors (Lipinski definition) is 5. The highest BCUT2D eigenvalue weighted by atomic mass is 35.5. The summed E-state index contributed by atoms with van der Waals surface area (Å²) >= 11 is 5.97. The Morgan fingerprint density at radius 2 is 2.07 bits per heavy atom. The van der Waals surface area contributed by atoms with Crippen molar-refractivity contribution in [3.05, 3.63) is 71.8 Å². The lowest BCUT2D eigenvalue weighted by Gasteiger charge is -2.15. The van der Waals surface area contributed by atoms with Gasteiger partial charge in [0.1, 0.15) is 5.75 Å². The van der Waals surface area contributed by atoms with Crippen LogP contribution in [-0.4, -0.2) is 37.0 Å². The van der Waals surface area contributed by atoms with E-state index in [4.69, 9.17) is 16.3 Å². The Bertz CT molecular complexity index is 1130. The van der Waals surface area contributed by atoms with Gasteiger partial charge in [-0.3, -0.25) is 9.52 Å². The zero-order valence-corrected chi connectivity index (χ0v) is 17.9. The van der Waals surface area contributed by atoms with E-state index in [9.17, 15) is 13.2 Å². The molecule has 0 fully saturated rings. The van der Waals surface area contributed by atoms with Crippen molar-refractivity contribution in [2.75, 3.05) is 11.8 Å². The average Bonchev–Trinajstić information content (AvgIpc) is 3.21. The van der Waals surface area contributed by atoms with Crippen LogP contribution in [0.3, 0.4) is 0 Å². The predicted octanol–water partition coefficient (Wildman–Crippen LogP) is 3.16. The molecule has 158 valence electrons. The lowest BCUT2D eigenvalue weighted by molar-refractivity contribution is 0.0936. The summed E-state index contributed by atoms with van der Waals surface area (Å²) in [6, 6.07) is 10.2. The second kappa shape index (κ2) is 9.19. The van der Waals surface area contributed by atoms with E-state index in [1.165, 1.54) is 31.4 Å². The number of benzene rings is 2. The zero-order chi connectivity index (χ0) is 21.7. The molecule has 0 saturated heterocycles. The number of rotatable bonds is 8. The summed E-state index contributed by atoms with van der Waals surface area (Å²) in [4.78, 5) is 16.5. The minimum absolute atomic E-state index is 0.0561. The van der Waals surface area contributed by atoms with Crippen LogP contribution in [0, 0.1) is 0 Å². The van der Waals surface area contributed by atoms with E-state index in [0.29, 0.717) is 17.3 Å². The second-order valence-electron chi connectivity index (χ2n) is 6.61. The van der Waals surface area contributed by atoms with Gasteiger partial charge in [-0.15, -0.1) is 0 Å². The van der Waals surface area contributed by atoms with Crippen molar-refractivity contribution in [2.45, 2.75) is 24.4 Å². The molecule has 1 aromatic heterocycles. The average molecular weight is 449 g/mol. The number of anilines is 1. The van der Waals surface area contributed by atoms with E-state index < -0.39 is 10.0 Å². The number of carbonyl (C=O) groups excluding carboxylic acids is 1. The first kappa shape index (κ1) is 21.7. The van der Waals surface area contributed by atoms with Crippen molar-refractivity contribution >= 4 is 33.2 Å². The molecule has 0 bridgehead atoms. The lowest BCUT2D eigenvalue weighted by atomic mass is 10.2. The van der Waals surface area contributed by atoms with Gasteiger partial charge >= 0.3 is 0 Å². The number of sulfonamides is 1. The zero-order valence-electron chi connectivity index (χ0n) is 16.4. The summed E-state index contributed by atoms with van der Waals surface area (Å²) in [5.74, 6) is -0.0507. The number of aromatic nitrogens is 2. The van der Waals surface area contributed by atoms with Crippen LogP contribution >= 0.6 is 11.6 Å². The van der Waals surface area contributed by atoms with Crippen molar-refractivity contribution < 1.29 is 17.9 Å². The van der Waals surface area contributed by atoms with Crippen LogP contribution in [0.1, 0.15) is 17.3 Å². The molecule has 1 heterocycles. The van der Waals surface area contributed by atoms with E-state index in [1.54, 1.807) is 36.9 Å². The monoisotopic (exact) mass is 448 g/mol. The Kier molecular flexibility index (Phi) is 6.63. The van der Waals surface area contributed by atoms with Crippen molar-refractivity contribution in [1.82, 2.24) is 14.9 Å². The number of hydrogen-bond donors (Lipinski definition) is 2. The van der Waals surface area contributed by atoms with E-state index in [2.05, 4.69) is 15.0 Å². The Morgan fingerprint density at radius 3 is 2.77 bits per heavy atom. The summed E-state index contributed by atoms with van der Waals surface area (Å²) < 4.78 is 35.1. The molecule has 0 aliphatic heterocycles. The number of nitrogens with one attached hydrogen (secondary N) is 2. The Morgan fingerprint density at radius 1 is 1.27 bits per heavy atom. The third-order valence-electron chi connectivity index (χ3n) is 4.23. The first-order valence-electron chi connectivity index (χ1n) is 9.01. The second-order valence-corrected chi connectivity index (χ2v) is 8.73. The molecular weight excluding hydrogens is 428 g/mol. The maximum absolute atomic E-state index is 12.8. The van der Waals surface area contributed by atoms with E-state index in [1.807, 2.05) is 11.5 Å². The number of nitrogens with zero attached hydrogens (tertiary/aromatic N) is 2. The topological polar surface area (TPSA) is 102 Å². The molecule has 0 spiro atoms. The van der Waals surface area contributed by atoms with Gasteiger partial charge in [-0.1, -0.05) is 17.7 Å². The first-order valence-corrected chi connectivity index (χ1v) is 10.9. The molecule has 3 aromatic rings. The number of carbonyl (C=O) groups is 1. The normalized spacial score (nSPS) is 12.2. The molecule has 0 aliphatic carbocycles. The fourth-order valence-electron chi connectivity index (χ4n) is 2.83. The highest BCUT2D eigenvalue weighted by Crippen LogP contribution is 2.29. The first-order chi connectivity index (χ1) is 14.3. The molecule has 0 saturated carbocycles. The molecule has 1 unspecified atom stereocenters. The van der Waals surface area contributed by atoms with Crippen molar-refractivity contribution in [3.8, 4) is 5.75 Å². The van der Waals surface area contributed by atoms with Crippen molar-refractivity contribution in [1.29, 1.82) is 0 Å². The molecule has 1 atom stereocenters. The summed E-state index contributed by atoms with van der Waals surface area (Å²) in [6.07, 6.45) is 5.11. The highest BCUT2D eigenvalue weighted by molar-refractivity contribution is 7.92. The van der Waals surface area contributed by atoms with Gasteiger partial charge in [0.05, 0.1) is 24.0 Å².